The minimum Gasteiger partial charge on any atom is -0.378 e. The second kappa shape index (κ2) is 10.2. The van der Waals surface area contributed by atoms with Gasteiger partial charge in [-0.3, -0.25) is 14.7 Å². The number of carbonyl (C=O) groups excluding carboxylic acids is 1. The van der Waals surface area contributed by atoms with Crippen LogP contribution >= 0.6 is 0 Å². The van der Waals surface area contributed by atoms with E-state index in [2.05, 4.69) is 71.9 Å². The molecular weight excluding hydrogens is 408 g/mol. The number of Topliss-reactive ketones (excluding diaryl/α,β-unsaturated/α-hetero) is 1. The number of aromatic nitrogens is 1. The third kappa shape index (κ3) is 5.53. The zero-order chi connectivity index (χ0) is 23.4. The first-order chi connectivity index (χ1) is 15.8. The SMILES string of the molecule is CN(C)c1ccc(C2/C(=C\c3ccccn3)C(=O)C(C)(C)CN2CCN2CCCCC2)cc1. The quantitative estimate of drug-likeness (QED) is 0.603. The molecule has 0 radical (unpaired) electrons. The van der Waals surface area contributed by atoms with Crippen LogP contribution in [0, 0.1) is 5.41 Å². The molecule has 1 unspecified atom stereocenters. The molecule has 0 aliphatic carbocycles. The standard InChI is InChI=1S/C28H38N4O/c1-28(2)21-32(19-18-31-16-8-5-9-17-31)26(22-11-13-24(14-12-22)30(3)4)25(27(28)33)20-23-10-6-7-15-29-23/h6-7,10-15,20,26H,5,8-9,16-19,21H2,1-4H3/b25-20+. The summed E-state index contributed by atoms with van der Waals surface area (Å²) >= 11 is 0. The van der Waals surface area contributed by atoms with E-state index in [9.17, 15) is 4.79 Å². The van der Waals surface area contributed by atoms with E-state index in [-0.39, 0.29) is 11.8 Å². The predicted octanol–water partition coefficient (Wildman–Crippen LogP) is 4.67. The van der Waals surface area contributed by atoms with E-state index in [0.29, 0.717) is 0 Å². The van der Waals surface area contributed by atoms with E-state index in [4.69, 9.17) is 0 Å². The number of carbonyl (C=O) groups is 1. The van der Waals surface area contributed by atoms with Crippen molar-refractivity contribution in [1.82, 2.24) is 14.8 Å². The lowest BCUT2D eigenvalue weighted by molar-refractivity contribution is -0.128. The van der Waals surface area contributed by atoms with Gasteiger partial charge in [-0.1, -0.05) is 38.5 Å². The minimum absolute atomic E-state index is 0.0615. The lowest BCUT2D eigenvalue weighted by atomic mass is 9.74. The molecule has 0 N–H and O–H groups in total. The number of hydrogen-bond donors (Lipinski definition) is 0. The molecule has 2 aliphatic rings. The molecule has 2 aliphatic heterocycles. The molecule has 4 rings (SSSR count). The summed E-state index contributed by atoms with van der Waals surface area (Å²) in [6.45, 7) is 9.31. The molecule has 5 nitrogen and oxygen atoms in total. The number of anilines is 1. The van der Waals surface area contributed by atoms with E-state index in [1.165, 1.54) is 37.9 Å². The Hall–Kier alpha value is -2.50. The fourth-order valence-corrected chi connectivity index (χ4v) is 5.15. The van der Waals surface area contributed by atoms with Crippen molar-refractivity contribution in [3.63, 3.8) is 0 Å². The predicted molar refractivity (Wildman–Crippen MR) is 136 cm³/mol. The van der Waals surface area contributed by atoms with Crippen molar-refractivity contribution in [3.05, 3.63) is 65.5 Å². The van der Waals surface area contributed by atoms with Crippen molar-refractivity contribution in [2.45, 2.75) is 39.2 Å². The molecule has 0 spiro atoms. The Morgan fingerprint density at radius 3 is 2.39 bits per heavy atom. The minimum atomic E-state index is -0.428. The highest BCUT2D eigenvalue weighted by Crippen LogP contribution is 2.41. The van der Waals surface area contributed by atoms with Crippen LogP contribution in [-0.4, -0.2) is 67.4 Å². The largest absolute Gasteiger partial charge is 0.378 e. The van der Waals surface area contributed by atoms with Gasteiger partial charge >= 0.3 is 0 Å². The van der Waals surface area contributed by atoms with Crippen LogP contribution in [0.15, 0.2) is 54.2 Å². The summed E-state index contributed by atoms with van der Waals surface area (Å²) in [6, 6.07) is 14.5. The average molecular weight is 447 g/mol. The Morgan fingerprint density at radius 1 is 1.03 bits per heavy atom. The third-order valence-corrected chi connectivity index (χ3v) is 7.00. The van der Waals surface area contributed by atoms with E-state index in [1.54, 1.807) is 6.20 Å². The van der Waals surface area contributed by atoms with Crippen molar-refractivity contribution in [2.24, 2.45) is 5.41 Å². The van der Waals surface area contributed by atoms with E-state index < -0.39 is 5.41 Å². The molecule has 1 atom stereocenters. The Morgan fingerprint density at radius 2 is 1.76 bits per heavy atom. The van der Waals surface area contributed by atoms with Gasteiger partial charge in [0.15, 0.2) is 5.78 Å². The monoisotopic (exact) mass is 446 g/mol. The van der Waals surface area contributed by atoms with Crippen molar-refractivity contribution in [1.29, 1.82) is 0 Å². The molecular formula is C28H38N4O. The zero-order valence-corrected chi connectivity index (χ0v) is 20.6. The first kappa shape index (κ1) is 23.7. The summed E-state index contributed by atoms with van der Waals surface area (Å²) in [7, 11) is 4.11. The van der Waals surface area contributed by atoms with Crippen LogP contribution in [0.1, 0.15) is 50.4 Å². The lowest BCUT2D eigenvalue weighted by Gasteiger charge is -2.45. The molecule has 33 heavy (non-hydrogen) atoms. The Bertz CT molecular complexity index is 959. The molecule has 2 saturated heterocycles. The van der Waals surface area contributed by atoms with Gasteiger partial charge in [0.2, 0.25) is 0 Å². The van der Waals surface area contributed by atoms with E-state index in [1.807, 2.05) is 24.3 Å². The first-order valence-electron chi connectivity index (χ1n) is 12.3. The number of pyridine rings is 1. The Balaban J connectivity index is 1.71. The number of nitrogens with zero attached hydrogens (tertiary/aromatic N) is 4. The summed E-state index contributed by atoms with van der Waals surface area (Å²) in [5, 5.41) is 0. The van der Waals surface area contributed by atoms with E-state index in [0.717, 1.165) is 36.6 Å². The van der Waals surface area contributed by atoms with Gasteiger partial charge in [-0.2, -0.15) is 0 Å². The highest BCUT2D eigenvalue weighted by Gasteiger charge is 2.43. The number of ketones is 1. The molecule has 5 heteroatoms. The summed E-state index contributed by atoms with van der Waals surface area (Å²) in [4.78, 5) is 25.4. The fraction of sp³-hybridized carbons (Fsp3) is 0.500. The maximum atomic E-state index is 13.7. The molecule has 0 saturated carbocycles. The van der Waals surface area contributed by atoms with Gasteiger partial charge in [0, 0.05) is 56.6 Å². The van der Waals surface area contributed by atoms with Gasteiger partial charge in [-0.25, -0.2) is 0 Å². The maximum Gasteiger partial charge on any atom is 0.167 e. The summed E-state index contributed by atoms with van der Waals surface area (Å²) in [6.07, 6.45) is 7.75. The smallest absolute Gasteiger partial charge is 0.167 e. The van der Waals surface area contributed by atoms with Gasteiger partial charge in [-0.15, -0.1) is 0 Å². The summed E-state index contributed by atoms with van der Waals surface area (Å²) < 4.78 is 0. The summed E-state index contributed by atoms with van der Waals surface area (Å²) in [5.41, 5.74) is 3.59. The maximum absolute atomic E-state index is 13.7. The fourth-order valence-electron chi connectivity index (χ4n) is 5.15. The zero-order valence-electron chi connectivity index (χ0n) is 20.6. The molecule has 1 aromatic heterocycles. The topological polar surface area (TPSA) is 39.7 Å². The molecule has 2 fully saturated rings. The van der Waals surface area contributed by atoms with Crippen molar-refractivity contribution in [3.8, 4) is 0 Å². The van der Waals surface area contributed by atoms with E-state index >= 15 is 0 Å². The molecule has 3 heterocycles. The first-order valence-corrected chi connectivity index (χ1v) is 12.3. The van der Waals surface area contributed by atoms with Gasteiger partial charge in [0.25, 0.3) is 0 Å². The second-order valence-electron chi connectivity index (χ2n) is 10.3. The van der Waals surface area contributed by atoms with Crippen molar-refractivity contribution in [2.75, 3.05) is 51.7 Å². The Kier molecular flexibility index (Phi) is 7.30. The number of hydrogen-bond acceptors (Lipinski definition) is 5. The van der Waals surface area contributed by atoms with Crippen LogP contribution < -0.4 is 4.90 Å². The summed E-state index contributed by atoms with van der Waals surface area (Å²) in [5.74, 6) is 0.226. The second-order valence-corrected chi connectivity index (χ2v) is 10.3. The number of piperidine rings is 2. The number of benzene rings is 1. The molecule has 2 aromatic rings. The van der Waals surface area contributed by atoms with Gasteiger partial charge in [-0.05, 0) is 61.8 Å². The van der Waals surface area contributed by atoms with Crippen molar-refractivity contribution >= 4 is 17.5 Å². The normalized spacial score (nSPS) is 23.1. The molecule has 1 aromatic carbocycles. The van der Waals surface area contributed by atoms with Crippen LogP contribution in [0.4, 0.5) is 5.69 Å². The van der Waals surface area contributed by atoms with Crippen LogP contribution in [0.25, 0.3) is 6.08 Å². The number of rotatable bonds is 6. The highest BCUT2D eigenvalue weighted by molar-refractivity contribution is 6.05. The average Bonchev–Trinajstić information content (AvgIpc) is 2.82. The third-order valence-electron chi connectivity index (χ3n) is 7.00. The molecule has 176 valence electrons. The van der Waals surface area contributed by atoms with Gasteiger partial charge in [0.1, 0.15) is 0 Å². The van der Waals surface area contributed by atoms with Crippen LogP contribution in [-0.2, 0) is 4.79 Å². The van der Waals surface area contributed by atoms with Crippen LogP contribution in [0.5, 0.6) is 0 Å². The molecule has 0 bridgehead atoms. The van der Waals surface area contributed by atoms with Crippen LogP contribution in [0.3, 0.4) is 0 Å². The highest BCUT2D eigenvalue weighted by atomic mass is 16.1. The Labute approximate surface area is 199 Å². The van der Waals surface area contributed by atoms with Gasteiger partial charge in [0.05, 0.1) is 11.7 Å². The van der Waals surface area contributed by atoms with Crippen molar-refractivity contribution < 1.29 is 4.79 Å². The molecule has 0 amide bonds. The van der Waals surface area contributed by atoms with Gasteiger partial charge < -0.3 is 9.80 Å². The lowest BCUT2D eigenvalue weighted by Crippen LogP contribution is -2.51. The van der Waals surface area contributed by atoms with Crippen LogP contribution in [0.2, 0.25) is 0 Å². The number of likely N-dealkylation sites (tertiary alicyclic amines) is 2.